The molecule has 3 nitrogen and oxygen atoms in total. The highest BCUT2D eigenvalue weighted by Gasteiger charge is 2.25. The average Bonchev–Trinajstić information content (AvgIpc) is 2.99. The van der Waals surface area contributed by atoms with Gasteiger partial charge in [-0.1, -0.05) is 42.5 Å². The molecule has 118 valence electrons. The molecular weight excluding hydrogens is 284 g/mol. The van der Waals surface area contributed by atoms with Crippen LogP contribution >= 0.6 is 0 Å². The Kier molecular flexibility index (Phi) is 3.90. The number of H-pyrrole nitrogens is 1. The summed E-state index contributed by atoms with van der Waals surface area (Å²) in [5.41, 5.74) is 5.17. The number of aliphatic hydroxyl groups is 1. The van der Waals surface area contributed by atoms with E-state index < -0.39 is 0 Å². The van der Waals surface area contributed by atoms with E-state index in [4.69, 9.17) is 0 Å². The lowest BCUT2D eigenvalue weighted by Crippen LogP contribution is -2.46. The summed E-state index contributed by atoms with van der Waals surface area (Å²) in [5.74, 6) is 0. The lowest BCUT2D eigenvalue weighted by atomic mass is 9.86. The second kappa shape index (κ2) is 6.19. The minimum Gasteiger partial charge on any atom is -0.391 e. The fraction of sp³-hybridized carbons (Fsp3) is 0.300. The molecule has 23 heavy (non-hydrogen) atoms. The second-order valence-corrected chi connectivity index (χ2v) is 6.41. The van der Waals surface area contributed by atoms with Crippen molar-refractivity contribution >= 4 is 10.9 Å². The molecule has 0 fully saturated rings. The molecule has 3 heteroatoms. The maximum Gasteiger partial charge on any atom is 0.0736 e. The van der Waals surface area contributed by atoms with Gasteiger partial charge in [-0.2, -0.15) is 0 Å². The number of fused-ring (bicyclic) bond motifs is 2. The van der Waals surface area contributed by atoms with Crippen LogP contribution in [-0.2, 0) is 19.3 Å². The van der Waals surface area contributed by atoms with E-state index >= 15 is 0 Å². The summed E-state index contributed by atoms with van der Waals surface area (Å²) < 4.78 is 0. The van der Waals surface area contributed by atoms with Gasteiger partial charge >= 0.3 is 0 Å². The Hall–Kier alpha value is -2.10. The third-order valence-corrected chi connectivity index (χ3v) is 4.93. The maximum atomic E-state index is 10.4. The number of rotatable bonds is 4. The summed E-state index contributed by atoms with van der Waals surface area (Å²) in [5, 5.41) is 15.2. The van der Waals surface area contributed by atoms with Gasteiger partial charge in [-0.05, 0) is 42.1 Å². The van der Waals surface area contributed by atoms with E-state index in [0.717, 1.165) is 25.8 Å². The predicted octanol–water partition coefficient (Wildman–Crippen LogP) is 2.83. The molecule has 0 radical (unpaired) electrons. The first-order valence-corrected chi connectivity index (χ1v) is 8.34. The first-order valence-electron chi connectivity index (χ1n) is 8.34. The van der Waals surface area contributed by atoms with Crippen LogP contribution in [0.2, 0.25) is 0 Å². The van der Waals surface area contributed by atoms with Crippen molar-refractivity contribution in [1.29, 1.82) is 0 Å². The van der Waals surface area contributed by atoms with Crippen molar-refractivity contribution in [2.75, 3.05) is 6.54 Å². The van der Waals surface area contributed by atoms with E-state index in [1.807, 2.05) is 0 Å². The van der Waals surface area contributed by atoms with Crippen LogP contribution in [0.4, 0.5) is 0 Å². The zero-order chi connectivity index (χ0) is 15.6. The Morgan fingerprint density at radius 1 is 1.00 bits per heavy atom. The fourth-order valence-corrected chi connectivity index (χ4v) is 3.64. The van der Waals surface area contributed by atoms with Gasteiger partial charge in [0.25, 0.3) is 0 Å². The normalized spacial score (nSPS) is 20.6. The molecule has 0 aliphatic heterocycles. The van der Waals surface area contributed by atoms with E-state index in [9.17, 15) is 5.11 Å². The summed E-state index contributed by atoms with van der Waals surface area (Å²) in [7, 11) is 0. The van der Waals surface area contributed by atoms with Gasteiger partial charge < -0.3 is 15.4 Å². The number of para-hydroxylation sites is 1. The van der Waals surface area contributed by atoms with Gasteiger partial charge in [0.2, 0.25) is 0 Å². The second-order valence-electron chi connectivity index (χ2n) is 6.41. The number of nitrogens with one attached hydrogen (secondary N) is 2. The van der Waals surface area contributed by atoms with E-state index in [1.54, 1.807) is 0 Å². The van der Waals surface area contributed by atoms with Crippen LogP contribution in [0, 0.1) is 0 Å². The van der Waals surface area contributed by atoms with Crippen LogP contribution in [0.5, 0.6) is 0 Å². The minimum absolute atomic E-state index is 0.148. The van der Waals surface area contributed by atoms with Crippen LogP contribution in [-0.4, -0.2) is 28.8 Å². The molecule has 2 unspecified atom stereocenters. The zero-order valence-corrected chi connectivity index (χ0v) is 13.1. The first-order chi connectivity index (χ1) is 11.3. The fourth-order valence-electron chi connectivity index (χ4n) is 3.64. The molecule has 0 amide bonds. The standard InChI is InChI=1S/C20H22N2O/c23-20-12-15-6-2-1-5-14(15)11-19(20)21-10-9-16-13-22-18-8-4-3-7-17(16)18/h1-8,13,19-23H,9-12H2. The van der Waals surface area contributed by atoms with Gasteiger partial charge in [0, 0.05) is 29.6 Å². The van der Waals surface area contributed by atoms with Crippen LogP contribution in [0.15, 0.2) is 54.7 Å². The highest BCUT2D eigenvalue weighted by Crippen LogP contribution is 2.22. The van der Waals surface area contributed by atoms with Gasteiger partial charge in [-0.25, -0.2) is 0 Å². The van der Waals surface area contributed by atoms with E-state index in [0.29, 0.717) is 0 Å². The maximum absolute atomic E-state index is 10.4. The predicted molar refractivity (Wildman–Crippen MR) is 93.7 cm³/mol. The molecule has 0 saturated heterocycles. The topological polar surface area (TPSA) is 48.0 Å². The lowest BCUT2D eigenvalue weighted by Gasteiger charge is -2.30. The summed E-state index contributed by atoms with van der Waals surface area (Å²) in [6, 6.07) is 17.0. The van der Waals surface area contributed by atoms with E-state index in [1.165, 1.54) is 27.6 Å². The molecule has 4 rings (SSSR count). The van der Waals surface area contributed by atoms with Gasteiger partial charge in [0.15, 0.2) is 0 Å². The Morgan fingerprint density at radius 3 is 2.61 bits per heavy atom. The van der Waals surface area contributed by atoms with Crippen molar-refractivity contribution in [3.63, 3.8) is 0 Å². The number of benzene rings is 2. The number of hydrogen-bond acceptors (Lipinski definition) is 2. The number of aromatic nitrogens is 1. The van der Waals surface area contributed by atoms with Crippen molar-refractivity contribution < 1.29 is 5.11 Å². The Bertz CT molecular complexity index is 808. The molecule has 1 aromatic heterocycles. The molecular formula is C20H22N2O. The number of aromatic amines is 1. The zero-order valence-electron chi connectivity index (χ0n) is 13.1. The molecule has 0 bridgehead atoms. The number of aliphatic hydroxyl groups excluding tert-OH is 1. The molecule has 0 saturated carbocycles. The quantitative estimate of drug-likeness (QED) is 0.694. The van der Waals surface area contributed by atoms with Crippen LogP contribution < -0.4 is 5.32 Å². The largest absolute Gasteiger partial charge is 0.391 e. The van der Waals surface area contributed by atoms with Crippen molar-refractivity contribution in [1.82, 2.24) is 10.3 Å². The first kappa shape index (κ1) is 14.5. The van der Waals surface area contributed by atoms with Crippen LogP contribution in [0.1, 0.15) is 16.7 Å². The summed E-state index contributed by atoms with van der Waals surface area (Å²) in [6.45, 7) is 0.881. The molecule has 0 spiro atoms. The smallest absolute Gasteiger partial charge is 0.0736 e. The van der Waals surface area contributed by atoms with Gasteiger partial charge in [0.1, 0.15) is 0 Å². The molecule has 2 atom stereocenters. The molecule has 1 aliphatic carbocycles. The summed E-state index contributed by atoms with van der Waals surface area (Å²) in [6.07, 6.45) is 4.42. The SMILES string of the molecule is OC1Cc2ccccc2CC1NCCc1c[nH]c2ccccc12. The minimum atomic E-state index is -0.298. The summed E-state index contributed by atoms with van der Waals surface area (Å²) in [4.78, 5) is 3.32. The summed E-state index contributed by atoms with van der Waals surface area (Å²) >= 11 is 0. The van der Waals surface area contributed by atoms with Crippen LogP contribution in [0.25, 0.3) is 10.9 Å². The molecule has 2 aromatic carbocycles. The van der Waals surface area contributed by atoms with Gasteiger partial charge in [-0.15, -0.1) is 0 Å². The third-order valence-electron chi connectivity index (χ3n) is 4.93. The van der Waals surface area contributed by atoms with Crippen molar-refractivity contribution in [3.8, 4) is 0 Å². The van der Waals surface area contributed by atoms with E-state index in [2.05, 4.69) is 65.0 Å². The monoisotopic (exact) mass is 306 g/mol. The molecule has 1 heterocycles. The number of hydrogen-bond donors (Lipinski definition) is 3. The van der Waals surface area contributed by atoms with Crippen molar-refractivity contribution in [2.24, 2.45) is 0 Å². The Labute approximate surface area is 136 Å². The van der Waals surface area contributed by atoms with Crippen molar-refractivity contribution in [3.05, 3.63) is 71.4 Å². The van der Waals surface area contributed by atoms with Gasteiger partial charge in [0.05, 0.1) is 6.10 Å². The Morgan fingerprint density at radius 2 is 1.74 bits per heavy atom. The van der Waals surface area contributed by atoms with Crippen molar-refractivity contribution in [2.45, 2.75) is 31.4 Å². The highest BCUT2D eigenvalue weighted by molar-refractivity contribution is 5.83. The molecule has 3 N–H and O–H groups in total. The van der Waals surface area contributed by atoms with E-state index in [-0.39, 0.29) is 12.1 Å². The third kappa shape index (κ3) is 2.90. The highest BCUT2D eigenvalue weighted by atomic mass is 16.3. The average molecular weight is 306 g/mol. The Balaban J connectivity index is 1.40. The lowest BCUT2D eigenvalue weighted by molar-refractivity contribution is 0.120. The van der Waals surface area contributed by atoms with Gasteiger partial charge in [-0.3, -0.25) is 0 Å². The molecule has 3 aromatic rings. The van der Waals surface area contributed by atoms with Crippen LogP contribution in [0.3, 0.4) is 0 Å². The molecule has 1 aliphatic rings.